The average Bonchev–Trinajstić information content (AvgIpc) is 2.64. The first-order chi connectivity index (χ1) is 13.0. The number of aliphatic hydroxyl groups excluding tert-OH is 1. The highest BCUT2D eigenvalue weighted by molar-refractivity contribution is 8.00. The third-order valence-corrected chi connectivity index (χ3v) is 6.41. The lowest BCUT2D eigenvalue weighted by atomic mass is 10.0. The molecule has 0 saturated carbocycles. The zero-order valence-electron chi connectivity index (χ0n) is 16.5. The van der Waals surface area contributed by atoms with Crippen LogP contribution >= 0.6 is 23.4 Å². The maximum atomic E-state index is 10.7. The van der Waals surface area contributed by atoms with E-state index in [-0.39, 0.29) is 11.7 Å². The lowest BCUT2D eigenvalue weighted by Gasteiger charge is -2.22. The highest BCUT2D eigenvalue weighted by atomic mass is 35.5. The Morgan fingerprint density at radius 1 is 0.963 bits per heavy atom. The maximum Gasteiger partial charge on any atom is 0.303 e. The van der Waals surface area contributed by atoms with E-state index in [4.69, 9.17) is 16.7 Å². The first kappa shape index (κ1) is 24.3. The second-order valence-corrected chi connectivity index (χ2v) is 8.98. The van der Waals surface area contributed by atoms with E-state index in [1.165, 1.54) is 44.9 Å². The molecule has 2 N–H and O–H groups in total. The summed E-state index contributed by atoms with van der Waals surface area (Å²) in [5.74, 6) is -0.799. The summed E-state index contributed by atoms with van der Waals surface area (Å²) in [5.41, 5.74) is 0. The molecule has 0 aliphatic rings. The lowest BCUT2D eigenvalue weighted by molar-refractivity contribution is -0.137. The van der Waals surface area contributed by atoms with Crippen molar-refractivity contribution >= 4 is 29.3 Å². The molecule has 0 aromatic heterocycles. The Bertz CT molecular complexity index is 507. The number of thioether (sulfide) groups is 1. The second-order valence-electron chi connectivity index (χ2n) is 7.23. The van der Waals surface area contributed by atoms with Gasteiger partial charge in [0, 0.05) is 21.6 Å². The molecule has 5 heteroatoms. The molecule has 1 rings (SSSR count). The van der Waals surface area contributed by atoms with Crippen LogP contribution in [0.4, 0.5) is 0 Å². The number of benzene rings is 1. The lowest BCUT2D eigenvalue weighted by Crippen LogP contribution is -2.23. The predicted molar refractivity (Wildman–Crippen MR) is 116 cm³/mol. The van der Waals surface area contributed by atoms with Gasteiger partial charge in [-0.25, -0.2) is 0 Å². The van der Waals surface area contributed by atoms with E-state index in [0.717, 1.165) is 17.7 Å². The smallest absolute Gasteiger partial charge is 0.303 e. The predicted octanol–water partition coefficient (Wildman–Crippen LogP) is 6.95. The molecule has 0 spiro atoms. The van der Waals surface area contributed by atoms with Gasteiger partial charge >= 0.3 is 5.97 Å². The molecule has 0 bridgehead atoms. The third-order valence-electron chi connectivity index (χ3n) is 4.76. The van der Waals surface area contributed by atoms with Crippen LogP contribution in [-0.2, 0) is 4.79 Å². The summed E-state index contributed by atoms with van der Waals surface area (Å²) in [6.45, 7) is 2.24. The number of carbonyl (C=O) groups is 1. The van der Waals surface area contributed by atoms with Crippen LogP contribution < -0.4 is 0 Å². The highest BCUT2D eigenvalue weighted by Crippen LogP contribution is 2.31. The standard InChI is InChI=1S/C22H35ClO3S/c1-2-3-4-5-6-7-8-9-12-21(20(24)11-10-13-22(25)26)27-19-16-14-18(23)15-17-19/h14-17,20-21,24H,2-13H2,1H3,(H,25,26)/t20-,21-/m1/s1. The number of carboxylic acids is 1. The summed E-state index contributed by atoms with van der Waals surface area (Å²) in [7, 11) is 0. The molecule has 0 radical (unpaired) electrons. The maximum absolute atomic E-state index is 10.7. The van der Waals surface area contributed by atoms with Gasteiger partial charge in [0.25, 0.3) is 0 Å². The number of hydrogen-bond acceptors (Lipinski definition) is 3. The highest BCUT2D eigenvalue weighted by Gasteiger charge is 2.20. The fraction of sp³-hybridized carbons (Fsp3) is 0.682. The van der Waals surface area contributed by atoms with E-state index in [1.807, 2.05) is 24.3 Å². The van der Waals surface area contributed by atoms with Crippen molar-refractivity contribution in [2.45, 2.75) is 100 Å². The number of carboxylic acid groups (broad SMARTS) is 1. The number of halogens is 1. The first-order valence-electron chi connectivity index (χ1n) is 10.3. The van der Waals surface area contributed by atoms with Crippen molar-refractivity contribution in [3.63, 3.8) is 0 Å². The van der Waals surface area contributed by atoms with Crippen LogP contribution in [0.3, 0.4) is 0 Å². The van der Waals surface area contributed by atoms with Crippen molar-refractivity contribution < 1.29 is 15.0 Å². The van der Waals surface area contributed by atoms with Crippen molar-refractivity contribution in [1.29, 1.82) is 0 Å². The zero-order valence-corrected chi connectivity index (χ0v) is 18.1. The van der Waals surface area contributed by atoms with E-state index >= 15 is 0 Å². The van der Waals surface area contributed by atoms with Gasteiger partial charge in [0.2, 0.25) is 0 Å². The van der Waals surface area contributed by atoms with Gasteiger partial charge in [0.1, 0.15) is 0 Å². The Morgan fingerprint density at radius 3 is 2.15 bits per heavy atom. The van der Waals surface area contributed by atoms with Gasteiger partial charge in [-0.3, -0.25) is 4.79 Å². The molecule has 3 nitrogen and oxygen atoms in total. The minimum Gasteiger partial charge on any atom is -0.481 e. The fourth-order valence-corrected chi connectivity index (χ4v) is 4.49. The fourth-order valence-electron chi connectivity index (χ4n) is 3.15. The number of aliphatic carboxylic acids is 1. The number of hydrogen-bond donors (Lipinski definition) is 2. The van der Waals surface area contributed by atoms with Gasteiger partial charge in [-0.2, -0.15) is 0 Å². The summed E-state index contributed by atoms with van der Waals surface area (Å²) in [5, 5.41) is 20.2. The molecule has 0 heterocycles. The summed E-state index contributed by atoms with van der Waals surface area (Å²) in [6.07, 6.45) is 11.8. The minimum absolute atomic E-state index is 0.0973. The summed E-state index contributed by atoms with van der Waals surface area (Å²) >= 11 is 7.64. The SMILES string of the molecule is CCCCCCCCCC[C@@H](Sc1ccc(Cl)cc1)[C@H](O)CCCC(=O)O. The largest absolute Gasteiger partial charge is 0.481 e. The molecule has 27 heavy (non-hydrogen) atoms. The molecular formula is C22H35ClO3S. The minimum atomic E-state index is -0.799. The molecule has 0 amide bonds. The van der Waals surface area contributed by atoms with Crippen LogP contribution in [0.15, 0.2) is 29.2 Å². The van der Waals surface area contributed by atoms with E-state index in [2.05, 4.69) is 6.92 Å². The third kappa shape index (κ3) is 12.4. The van der Waals surface area contributed by atoms with Gasteiger partial charge in [0.05, 0.1) is 6.10 Å². The van der Waals surface area contributed by atoms with Crippen LogP contribution in [-0.4, -0.2) is 27.5 Å². The molecule has 0 fully saturated rings. The normalized spacial score (nSPS) is 13.4. The van der Waals surface area contributed by atoms with E-state index in [9.17, 15) is 9.90 Å². The Balaban J connectivity index is 2.41. The molecule has 1 aromatic rings. The Kier molecular flexibility index (Phi) is 13.7. The van der Waals surface area contributed by atoms with E-state index in [1.54, 1.807) is 11.8 Å². The van der Waals surface area contributed by atoms with Gasteiger partial charge in [-0.15, -0.1) is 11.8 Å². The molecule has 154 valence electrons. The van der Waals surface area contributed by atoms with Crippen LogP contribution in [0, 0.1) is 0 Å². The van der Waals surface area contributed by atoms with Crippen LogP contribution in [0.25, 0.3) is 0 Å². The Hall–Kier alpha value is -0.710. The topological polar surface area (TPSA) is 57.5 Å². The number of rotatable bonds is 16. The van der Waals surface area contributed by atoms with Crippen LogP contribution in [0.1, 0.15) is 84.0 Å². The molecule has 2 atom stereocenters. The molecule has 0 aliphatic heterocycles. The quantitative estimate of drug-likeness (QED) is 0.227. The van der Waals surface area contributed by atoms with Crippen molar-refractivity contribution in [2.75, 3.05) is 0 Å². The van der Waals surface area contributed by atoms with Crippen LogP contribution in [0.2, 0.25) is 5.02 Å². The molecular weight excluding hydrogens is 380 g/mol. The van der Waals surface area contributed by atoms with Gasteiger partial charge in [-0.05, 0) is 43.5 Å². The van der Waals surface area contributed by atoms with Crippen molar-refractivity contribution in [2.24, 2.45) is 0 Å². The van der Waals surface area contributed by atoms with Gasteiger partial charge < -0.3 is 10.2 Å². The molecule has 0 saturated heterocycles. The summed E-state index contributed by atoms with van der Waals surface area (Å²) < 4.78 is 0. The Morgan fingerprint density at radius 2 is 1.56 bits per heavy atom. The summed E-state index contributed by atoms with van der Waals surface area (Å²) in [4.78, 5) is 11.8. The average molecular weight is 415 g/mol. The van der Waals surface area contributed by atoms with Crippen molar-refractivity contribution in [1.82, 2.24) is 0 Å². The molecule has 0 aliphatic carbocycles. The van der Waals surface area contributed by atoms with E-state index < -0.39 is 12.1 Å². The van der Waals surface area contributed by atoms with Crippen LogP contribution in [0.5, 0.6) is 0 Å². The number of aliphatic hydroxyl groups is 1. The molecule has 0 unspecified atom stereocenters. The van der Waals surface area contributed by atoms with Gasteiger partial charge in [0.15, 0.2) is 0 Å². The summed E-state index contributed by atoms with van der Waals surface area (Å²) in [6, 6.07) is 7.71. The molecule has 1 aromatic carbocycles. The zero-order chi connectivity index (χ0) is 19.9. The van der Waals surface area contributed by atoms with Gasteiger partial charge in [-0.1, -0.05) is 69.9 Å². The second kappa shape index (κ2) is 15.2. The van der Waals surface area contributed by atoms with Crippen molar-refractivity contribution in [3.8, 4) is 0 Å². The first-order valence-corrected chi connectivity index (χ1v) is 11.6. The van der Waals surface area contributed by atoms with E-state index in [0.29, 0.717) is 17.9 Å². The number of unbranched alkanes of at least 4 members (excludes halogenated alkanes) is 7. The monoisotopic (exact) mass is 414 g/mol. The van der Waals surface area contributed by atoms with Crippen molar-refractivity contribution in [3.05, 3.63) is 29.3 Å². The Labute approximate surface area is 173 Å².